The molecule has 2 radical (unpaired) electrons. The van der Waals surface area contributed by atoms with Crippen LogP contribution in [-0.4, -0.2) is 16.4 Å². The topological polar surface area (TPSA) is 66.8 Å². The van der Waals surface area contributed by atoms with E-state index in [0.29, 0.717) is 0 Å². The molecule has 2 N–H and O–H groups in total. The molecule has 4 nitrogen and oxygen atoms in total. The van der Waals surface area contributed by atoms with Gasteiger partial charge in [-0.15, -0.1) is 0 Å². The van der Waals surface area contributed by atoms with E-state index in [4.69, 9.17) is 9.79 Å². The average Bonchev–Trinajstić information content (AvgIpc) is 1.30. The molecule has 0 saturated heterocycles. The van der Waals surface area contributed by atoms with Crippen LogP contribution in [0.25, 0.3) is 0 Å². The Bertz CT molecular complexity index is 90.6. The summed E-state index contributed by atoms with van der Waals surface area (Å²) < 4.78 is 13.6. The van der Waals surface area contributed by atoms with E-state index in [1.807, 2.05) is 0 Å². The summed E-state index contributed by atoms with van der Waals surface area (Å²) in [5, 5.41) is 0. The maximum absolute atomic E-state index is 9.70. The number of phosphoric ester groups is 1. The Labute approximate surface area is 84.6 Å². The van der Waals surface area contributed by atoms with Crippen molar-refractivity contribution in [3.05, 3.63) is 0 Å². The second kappa shape index (κ2) is 7.69. The van der Waals surface area contributed by atoms with Crippen molar-refractivity contribution < 1.29 is 63.6 Å². The summed E-state index contributed by atoms with van der Waals surface area (Å²) in [5.41, 5.74) is 0. The van der Waals surface area contributed by atoms with Gasteiger partial charge in [0.1, 0.15) is 0 Å². The molecule has 7 heteroatoms. The molecule has 0 bridgehead atoms. The van der Waals surface area contributed by atoms with Crippen LogP contribution < -0.4 is 0 Å². The molecular weight excluding hydrogens is 335 g/mol. The van der Waals surface area contributed by atoms with Gasteiger partial charge in [0.05, 0.1) is 6.61 Å². The second-order valence-corrected chi connectivity index (χ2v) is 2.15. The molecule has 0 heterocycles. The zero-order valence-corrected chi connectivity index (χ0v) is 8.33. The van der Waals surface area contributed by atoms with Crippen molar-refractivity contribution in [1.82, 2.24) is 0 Å². The Kier molecular flexibility index (Phi) is 14.5. The van der Waals surface area contributed by atoms with Crippen LogP contribution in [-0.2, 0) is 53.8 Å². The fraction of sp³-hybridized carbons (Fsp3) is 1.00. The van der Waals surface area contributed by atoms with Crippen LogP contribution in [0.15, 0.2) is 0 Å². The first-order valence-corrected chi connectivity index (χ1v) is 3.29. The van der Waals surface area contributed by atoms with Crippen molar-refractivity contribution in [1.29, 1.82) is 0 Å². The molecule has 0 aromatic rings. The Morgan fingerprint density at radius 1 is 1.44 bits per heavy atom. The summed E-state index contributed by atoms with van der Waals surface area (Å²) in [6.45, 7) is 1.56. The first-order valence-electron chi connectivity index (χ1n) is 1.76. The molecule has 0 aliphatic carbocycles. The van der Waals surface area contributed by atoms with Gasteiger partial charge in [0, 0.05) is 44.8 Å². The molecule has 0 fully saturated rings. The normalized spacial score (nSPS) is 9.22. The van der Waals surface area contributed by atoms with Gasteiger partial charge in [0.15, 0.2) is 0 Å². The summed E-state index contributed by atoms with van der Waals surface area (Å²) >= 11 is 0. The second-order valence-electron chi connectivity index (χ2n) is 0.908. The molecule has 0 rings (SSSR count). The van der Waals surface area contributed by atoms with Gasteiger partial charge in [-0.1, -0.05) is 0 Å². The Hall–Kier alpha value is 1.59. The van der Waals surface area contributed by atoms with Crippen molar-refractivity contribution in [3.63, 3.8) is 0 Å². The number of phosphoric acid groups is 1. The number of hydrogen-bond acceptors (Lipinski definition) is 2. The van der Waals surface area contributed by atoms with Crippen LogP contribution in [0.5, 0.6) is 0 Å². The fourth-order valence-corrected chi connectivity index (χ4v) is 0.505. The third-order valence-electron chi connectivity index (χ3n) is 0.297. The van der Waals surface area contributed by atoms with Crippen LogP contribution >= 0.6 is 7.82 Å². The predicted octanol–water partition coefficient (Wildman–Crippen LogP) is 0.111. The minimum atomic E-state index is -4.17. The molecule has 66 valence electrons. The van der Waals surface area contributed by atoms with Gasteiger partial charge in [0.25, 0.3) is 0 Å². The first-order chi connectivity index (χ1) is 3.06. The average molecular weight is 342 g/mol. The maximum Gasteiger partial charge on any atom is 0.469 e. The van der Waals surface area contributed by atoms with Crippen LogP contribution in [0.3, 0.4) is 0 Å². The van der Waals surface area contributed by atoms with Gasteiger partial charge in [-0.25, -0.2) is 4.57 Å². The zero-order chi connectivity index (χ0) is 5.91. The smallest absolute Gasteiger partial charge is 0.303 e. The fourth-order valence-electron chi connectivity index (χ4n) is 0.168. The van der Waals surface area contributed by atoms with E-state index in [1.54, 1.807) is 0 Å². The van der Waals surface area contributed by atoms with E-state index >= 15 is 0 Å². The minimum absolute atomic E-state index is 0. The molecule has 0 amide bonds. The van der Waals surface area contributed by atoms with Crippen molar-refractivity contribution >= 4 is 7.82 Å². The first kappa shape index (κ1) is 16.9. The van der Waals surface area contributed by atoms with Crippen LogP contribution in [0.4, 0.5) is 0 Å². The molecule has 0 spiro atoms. The standard InChI is InChI=1S/C2H7O4P.2Ag/c1-2-6-7(3,4)5;;/h2H2,1H3,(H2,3,4,5);;. The molecule has 9 heavy (non-hydrogen) atoms. The van der Waals surface area contributed by atoms with Crippen molar-refractivity contribution in [2.75, 3.05) is 6.61 Å². The van der Waals surface area contributed by atoms with E-state index in [9.17, 15) is 4.57 Å². The molecule has 0 aromatic heterocycles. The monoisotopic (exact) mass is 340 g/mol. The molecule has 0 aliphatic rings. The summed E-state index contributed by atoms with van der Waals surface area (Å²) in [6.07, 6.45) is 0. The summed E-state index contributed by atoms with van der Waals surface area (Å²) in [6, 6.07) is 0. The van der Waals surface area contributed by atoms with Gasteiger partial charge in [-0.05, 0) is 6.92 Å². The minimum Gasteiger partial charge on any atom is -0.303 e. The quantitative estimate of drug-likeness (QED) is 0.553. The number of hydrogen-bond donors (Lipinski definition) is 2. The summed E-state index contributed by atoms with van der Waals surface area (Å²) in [7, 11) is -4.17. The van der Waals surface area contributed by atoms with E-state index in [0.717, 1.165) is 0 Å². The molecule has 0 unspecified atom stereocenters. The molecule has 0 aliphatic heterocycles. The summed E-state index contributed by atoms with van der Waals surface area (Å²) in [5.74, 6) is 0. The van der Waals surface area contributed by atoms with Crippen molar-refractivity contribution in [2.24, 2.45) is 0 Å². The predicted molar refractivity (Wildman–Crippen MR) is 23.7 cm³/mol. The van der Waals surface area contributed by atoms with Gasteiger partial charge >= 0.3 is 7.82 Å². The maximum atomic E-state index is 9.70. The molecular formula is C2H7Ag2O4P. The van der Waals surface area contributed by atoms with Gasteiger partial charge < -0.3 is 9.79 Å². The SMILES string of the molecule is CCOP(=O)(O)O.[Ag].[Ag]. The molecule has 0 aromatic carbocycles. The summed E-state index contributed by atoms with van der Waals surface area (Å²) in [4.78, 5) is 15.8. The van der Waals surface area contributed by atoms with E-state index in [2.05, 4.69) is 4.52 Å². The zero-order valence-electron chi connectivity index (χ0n) is 4.47. The largest absolute Gasteiger partial charge is 0.469 e. The van der Waals surface area contributed by atoms with E-state index in [1.165, 1.54) is 6.92 Å². The third-order valence-corrected chi connectivity index (χ3v) is 0.892. The van der Waals surface area contributed by atoms with Crippen LogP contribution in [0, 0.1) is 0 Å². The van der Waals surface area contributed by atoms with Gasteiger partial charge in [-0.2, -0.15) is 0 Å². The Morgan fingerprint density at radius 2 is 1.78 bits per heavy atom. The van der Waals surface area contributed by atoms with Crippen LogP contribution in [0.2, 0.25) is 0 Å². The molecule has 0 saturated carbocycles. The van der Waals surface area contributed by atoms with Gasteiger partial charge in [-0.3, -0.25) is 4.52 Å². The number of rotatable bonds is 2. The Balaban J connectivity index is -0.000000180. The van der Waals surface area contributed by atoms with E-state index in [-0.39, 0.29) is 51.4 Å². The van der Waals surface area contributed by atoms with Crippen LogP contribution in [0.1, 0.15) is 6.92 Å². The van der Waals surface area contributed by atoms with E-state index < -0.39 is 7.82 Å². The van der Waals surface area contributed by atoms with Crippen molar-refractivity contribution in [3.8, 4) is 0 Å². The third kappa shape index (κ3) is 17.7. The van der Waals surface area contributed by atoms with Crippen molar-refractivity contribution in [2.45, 2.75) is 6.92 Å². The molecule has 0 atom stereocenters. The van der Waals surface area contributed by atoms with Gasteiger partial charge in [0.2, 0.25) is 0 Å². The Morgan fingerprint density at radius 3 is 1.78 bits per heavy atom.